The average Bonchev–Trinajstić information content (AvgIpc) is 3.10. The number of nitrogens with one attached hydrogen (secondary N) is 3. The molecule has 10 heteroatoms. The summed E-state index contributed by atoms with van der Waals surface area (Å²) in [6, 6.07) is 8.05. The summed E-state index contributed by atoms with van der Waals surface area (Å²) in [6.07, 6.45) is 1.18. The van der Waals surface area contributed by atoms with Gasteiger partial charge in [-0.15, -0.1) is 11.3 Å². The first-order valence-corrected chi connectivity index (χ1v) is 12.3. The van der Waals surface area contributed by atoms with Gasteiger partial charge in [0.1, 0.15) is 11.6 Å². The van der Waals surface area contributed by atoms with Crippen molar-refractivity contribution in [3.8, 4) is 0 Å². The van der Waals surface area contributed by atoms with Crippen LogP contribution in [0.2, 0.25) is 4.34 Å². The van der Waals surface area contributed by atoms with Gasteiger partial charge in [0.25, 0.3) is 5.91 Å². The number of amides is 3. The summed E-state index contributed by atoms with van der Waals surface area (Å²) in [5.41, 5.74) is 2.43. The van der Waals surface area contributed by atoms with Crippen LogP contribution in [-0.4, -0.2) is 61.1 Å². The Bertz CT molecular complexity index is 1050. The van der Waals surface area contributed by atoms with Crippen molar-refractivity contribution in [1.29, 1.82) is 0 Å². The molecule has 184 valence electrons. The molecule has 0 fully saturated rings. The van der Waals surface area contributed by atoms with Crippen LogP contribution in [0.15, 0.2) is 30.3 Å². The van der Waals surface area contributed by atoms with Crippen LogP contribution < -0.4 is 16.0 Å². The molecule has 2 heterocycles. The van der Waals surface area contributed by atoms with Crippen molar-refractivity contribution in [2.75, 3.05) is 32.0 Å². The van der Waals surface area contributed by atoms with Gasteiger partial charge in [-0.3, -0.25) is 9.59 Å². The molecule has 2 aromatic rings. The van der Waals surface area contributed by atoms with Gasteiger partial charge in [0.2, 0.25) is 5.91 Å². The van der Waals surface area contributed by atoms with E-state index in [0.717, 1.165) is 37.3 Å². The second-order valence-electron chi connectivity index (χ2n) is 9.29. The molecule has 0 saturated heterocycles. The van der Waals surface area contributed by atoms with Gasteiger partial charge in [0.15, 0.2) is 0 Å². The number of hydrogen-bond donors (Lipinski definition) is 3. The number of hydrogen-bond acceptors (Lipinski definition) is 6. The highest BCUT2D eigenvalue weighted by Crippen LogP contribution is 2.22. The summed E-state index contributed by atoms with van der Waals surface area (Å²) in [6.45, 7) is 7.04. The summed E-state index contributed by atoms with van der Waals surface area (Å²) in [7, 11) is 2.10. The van der Waals surface area contributed by atoms with Gasteiger partial charge in [-0.25, -0.2) is 4.79 Å². The predicted molar refractivity (Wildman–Crippen MR) is 135 cm³/mol. The normalized spacial score (nSPS) is 15.0. The van der Waals surface area contributed by atoms with E-state index in [1.807, 2.05) is 18.2 Å². The lowest BCUT2D eigenvalue weighted by molar-refractivity contribution is -0.117. The van der Waals surface area contributed by atoms with Crippen LogP contribution in [0.25, 0.3) is 0 Å². The molecule has 0 aliphatic carbocycles. The van der Waals surface area contributed by atoms with Crippen molar-refractivity contribution in [2.24, 2.45) is 0 Å². The molecular formula is C24H31ClN4O4S. The fourth-order valence-electron chi connectivity index (χ4n) is 3.52. The van der Waals surface area contributed by atoms with Gasteiger partial charge in [0, 0.05) is 18.8 Å². The summed E-state index contributed by atoms with van der Waals surface area (Å²) in [5.74, 6) is -0.897. The molecule has 1 atom stereocenters. The first-order valence-electron chi connectivity index (χ1n) is 11.1. The highest BCUT2D eigenvalue weighted by Gasteiger charge is 2.25. The molecule has 3 amide bonds. The van der Waals surface area contributed by atoms with E-state index in [2.05, 4.69) is 27.9 Å². The minimum Gasteiger partial charge on any atom is -0.444 e. The number of nitrogens with zero attached hydrogens (tertiary/aromatic N) is 1. The SMILES string of the molecule is CN1CCc2ccc(NC(=O)[C@@H](CNC(=O)OC(C)(C)C)NC(=O)c3ccc(Cl)s3)cc2CC1. The van der Waals surface area contributed by atoms with Gasteiger partial charge in [-0.05, 0) is 76.1 Å². The molecular weight excluding hydrogens is 476 g/mol. The molecule has 3 N–H and O–H groups in total. The van der Waals surface area contributed by atoms with E-state index in [-0.39, 0.29) is 6.54 Å². The van der Waals surface area contributed by atoms with Crippen molar-refractivity contribution < 1.29 is 19.1 Å². The Morgan fingerprint density at radius 2 is 1.82 bits per heavy atom. The molecule has 1 aromatic heterocycles. The minimum atomic E-state index is -1.02. The number of likely N-dealkylation sites (N-methyl/N-ethyl adjacent to an activating group) is 1. The Morgan fingerprint density at radius 3 is 2.47 bits per heavy atom. The number of thiophene rings is 1. The Hall–Kier alpha value is -2.62. The molecule has 0 spiro atoms. The van der Waals surface area contributed by atoms with Crippen LogP contribution in [0.3, 0.4) is 0 Å². The molecule has 1 aliphatic rings. The van der Waals surface area contributed by atoms with E-state index in [0.29, 0.717) is 14.9 Å². The van der Waals surface area contributed by atoms with Crippen molar-refractivity contribution in [2.45, 2.75) is 45.3 Å². The molecule has 0 saturated carbocycles. The van der Waals surface area contributed by atoms with Crippen LogP contribution >= 0.6 is 22.9 Å². The smallest absolute Gasteiger partial charge is 0.407 e. The fraction of sp³-hybridized carbons (Fsp3) is 0.458. The standard InChI is InChI=1S/C24H31ClN4O4S/c1-24(2,3)33-23(32)26-14-18(28-22(31)19-7-8-20(25)34-19)21(30)27-17-6-5-15-9-11-29(4)12-10-16(15)13-17/h5-8,13,18H,9-12,14H2,1-4H3,(H,26,32)(H,27,30)(H,28,31)/t18-/m1/s1. The van der Waals surface area contributed by atoms with E-state index >= 15 is 0 Å². The Morgan fingerprint density at radius 1 is 1.12 bits per heavy atom. The number of carbonyl (C=O) groups excluding carboxylic acids is 3. The Kier molecular flexibility index (Phi) is 8.57. The zero-order valence-corrected chi connectivity index (χ0v) is 21.4. The first kappa shape index (κ1) is 26.0. The van der Waals surface area contributed by atoms with Crippen LogP contribution in [0.1, 0.15) is 41.6 Å². The van der Waals surface area contributed by atoms with Gasteiger partial charge in [0.05, 0.1) is 15.8 Å². The maximum atomic E-state index is 13.1. The van der Waals surface area contributed by atoms with Crippen molar-refractivity contribution in [3.05, 3.63) is 50.7 Å². The topological polar surface area (TPSA) is 99.8 Å². The van der Waals surface area contributed by atoms with Crippen LogP contribution in [-0.2, 0) is 22.4 Å². The van der Waals surface area contributed by atoms with E-state index in [1.54, 1.807) is 32.9 Å². The number of fused-ring (bicyclic) bond motifs is 1. The maximum absolute atomic E-state index is 13.1. The quantitative estimate of drug-likeness (QED) is 0.555. The average molecular weight is 507 g/mol. The highest BCUT2D eigenvalue weighted by atomic mass is 35.5. The molecule has 1 aliphatic heterocycles. The monoisotopic (exact) mass is 506 g/mol. The third-order valence-electron chi connectivity index (χ3n) is 5.27. The Labute approximate surface area is 209 Å². The number of anilines is 1. The number of halogens is 1. The summed E-state index contributed by atoms with van der Waals surface area (Å²) < 4.78 is 5.71. The van der Waals surface area contributed by atoms with Crippen molar-refractivity contribution in [1.82, 2.24) is 15.5 Å². The van der Waals surface area contributed by atoms with Crippen molar-refractivity contribution in [3.63, 3.8) is 0 Å². The van der Waals surface area contributed by atoms with Gasteiger partial charge in [-0.1, -0.05) is 17.7 Å². The predicted octanol–water partition coefficient (Wildman–Crippen LogP) is 3.69. The fourth-order valence-corrected chi connectivity index (χ4v) is 4.46. The molecule has 3 rings (SSSR count). The molecule has 0 radical (unpaired) electrons. The molecule has 1 aromatic carbocycles. The zero-order chi connectivity index (χ0) is 24.9. The number of alkyl carbamates (subject to hydrolysis) is 1. The lowest BCUT2D eigenvalue weighted by atomic mass is 10.0. The van der Waals surface area contributed by atoms with Gasteiger partial charge < -0.3 is 25.6 Å². The lowest BCUT2D eigenvalue weighted by Crippen LogP contribution is -2.51. The number of ether oxygens (including phenoxy) is 1. The summed E-state index contributed by atoms with van der Waals surface area (Å²) in [5, 5.41) is 8.13. The lowest BCUT2D eigenvalue weighted by Gasteiger charge is -2.22. The number of carbonyl (C=O) groups is 3. The number of rotatable bonds is 6. The first-order chi connectivity index (χ1) is 16.0. The molecule has 8 nitrogen and oxygen atoms in total. The number of benzene rings is 1. The van der Waals surface area contributed by atoms with Crippen molar-refractivity contribution >= 4 is 46.5 Å². The third-order valence-corrected chi connectivity index (χ3v) is 6.50. The third kappa shape index (κ3) is 7.72. The zero-order valence-electron chi connectivity index (χ0n) is 19.9. The highest BCUT2D eigenvalue weighted by molar-refractivity contribution is 7.18. The van der Waals surface area contributed by atoms with Crippen LogP contribution in [0, 0.1) is 0 Å². The van der Waals surface area contributed by atoms with Crippen LogP contribution in [0.5, 0.6) is 0 Å². The molecule has 0 unspecified atom stereocenters. The maximum Gasteiger partial charge on any atom is 0.407 e. The second kappa shape index (κ2) is 11.2. The summed E-state index contributed by atoms with van der Waals surface area (Å²) in [4.78, 5) is 40.6. The molecule has 34 heavy (non-hydrogen) atoms. The van der Waals surface area contributed by atoms with E-state index in [4.69, 9.17) is 16.3 Å². The van der Waals surface area contributed by atoms with Crippen LogP contribution in [0.4, 0.5) is 10.5 Å². The molecule has 0 bridgehead atoms. The second-order valence-corrected chi connectivity index (χ2v) is 11.0. The minimum absolute atomic E-state index is 0.138. The van der Waals surface area contributed by atoms with Gasteiger partial charge >= 0.3 is 6.09 Å². The Balaban J connectivity index is 1.71. The largest absolute Gasteiger partial charge is 0.444 e. The van der Waals surface area contributed by atoms with E-state index in [9.17, 15) is 14.4 Å². The van der Waals surface area contributed by atoms with E-state index in [1.165, 1.54) is 11.1 Å². The van der Waals surface area contributed by atoms with Gasteiger partial charge in [-0.2, -0.15) is 0 Å². The van der Waals surface area contributed by atoms with E-state index < -0.39 is 29.6 Å². The summed E-state index contributed by atoms with van der Waals surface area (Å²) >= 11 is 7.05.